The highest BCUT2D eigenvalue weighted by molar-refractivity contribution is 6.11. The molecule has 2 aromatic rings. The third kappa shape index (κ3) is 1.24. The molecule has 4 rings (SSSR count). The standard InChI is InChI=1S/C16H15NO/c18-14-9-4-10-16(15(14)17-16)13-8-3-6-11-5-1-2-7-12(11)13/h1-3,5-8,14,18H,4,9-10H2. The lowest BCUT2D eigenvalue weighted by molar-refractivity contribution is 0.214. The third-order valence-corrected chi connectivity index (χ3v) is 4.25. The maximum atomic E-state index is 9.99. The summed E-state index contributed by atoms with van der Waals surface area (Å²) in [7, 11) is 0. The van der Waals surface area contributed by atoms with Crippen molar-refractivity contribution in [2.75, 3.05) is 0 Å². The Bertz CT molecular complexity index is 656. The first-order chi connectivity index (χ1) is 8.81. The highest BCUT2D eigenvalue weighted by Gasteiger charge is 2.54. The van der Waals surface area contributed by atoms with Gasteiger partial charge in [-0.25, -0.2) is 0 Å². The van der Waals surface area contributed by atoms with Crippen molar-refractivity contribution in [1.82, 2.24) is 0 Å². The molecular formula is C16H15NO. The fourth-order valence-corrected chi connectivity index (χ4v) is 3.32. The molecule has 1 heterocycles. The van der Waals surface area contributed by atoms with E-state index in [2.05, 4.69) is 47.5 Å². The van der Waals surface area contributed by atoms with Crippen LogP contribution in [0.25, 0.3) is 10.8 Å². The van der Waals surface area contributed by atoms with Gasteiger partial charge in [0.25, 0.3) is 0 Å². The molecule has 2 aromatic carbocycles. The van der Waals surface area contributed by atoms with Crippen molar-refractivity contribution < 1.29 is 5.11 Å². The zero-order valence-electron chi connectivity index (χ0n) is 10.1. The second-order valence-electron chi connectivity index (χ2n) is 5.29. The molecule has 0 aromatic heterocycles. The molecule has 1 aliphatic carbocycles. The van der Waals surface area contributed by atoms with Crippen molar-refractivity contribution in [2.24, 2.45) is 4.99 Å². The lowest BCUT2D eigenvalue weighted by Crippen LogP contribution is -2.30. The van der Waals surface area contributed by atoms with Crippen LogP contribution < -0.4 is 0 Å². The summed E-state index contributed by atoms with van der Waals surface area (Å²) >= 11 is 0. The minimum atomic E-state index is -0.322. The highest BCUT2D eigenvalue weighted by atomic mass is 16.3. The molecule has 0 radical (unpaired) electrons. The van der Waals surface area contributed by atoms with E-state index >= 15 is 0 Å². The predicted octanol–water partition coefficient (Wildman–Crippen LogP) is 3.03. The van der Waals surface area contributed by atoms with E-state index in [4.69, 9.17) is 0 Å². The second kappa shape index (κ2) is 3.42. The minimum Gasteiger partial charge on any atom is -0.387 e. The van der Waals surface area contributed by atoms with Crippen molar-refractivity contribution in [3.63, 3.8) is 0 Å². The summed E-state index contributed by atoms with van der Waals surface area (Å²) in [4.78, 5) is 4.65. The molecule has 2 nitrogen and oxygen atoms in total. The van der Waals surface area contributed by atoms with Crippen molar-refractivity contribution >= 4 is 16.5 Å². The molecule has 90 valence electrons. The molecule has 2 aliphatic rings. The zero-order valence-corrected chi connectivity index (χ0v) is 10.1. The van der Waals surface area contributed by atoms with Crippen LogP contribution in [0.3, 0.4) is 0 Å². The zero-order chi connectivity index (χ0) is 12.2. The number of aliphatic hydroxyl groups excluding tert-OH is 1. The first-order valence-electron chi connectivity index (χ1n) is 6.58. The summed E-state index contributed by atoms with van der Waals surface area (Å²) in [5.74, 6) is 0. The van der Waals surface area contributed by atoms with E-state index in [0.29, 0.717) is 0 Å². The van der Waals surface area contributed by atoms with Crippen LogP contribution in [0.4, 0.5) is 0 Å². The Kier molecular flexibility index (Phi) is 1.95. The molecule has 0 bridgehead atoms. The number of hydrogen-bond acceptors (Lipinski definition) is 2. The van der Waals surface area contributed by atoms with Gasteiger partial charge in [-0.3, -0.25) is 4.99 Å². The monoisotopic (exact) mass is 237 g/mol. The average Bonchev–Trinajstić information content (AvgIpc) is 3.15. The molecule has 1 fully saturated rings. The quantitative estimate of drug-likeness (QED) is 0.812. The molecule has 1 N–H and O–H groups in total. The van der Waals surface area contributed by atoms with E-state index in [0.717, 1.165) is 25.0 Å². The fraction of sp³-hybridized carbons (Fsp3) is 0.312. The minimum absolute atomic E-state index is 0.168. The van der Waals surface area contributed by atoms with Crippen LogP contribution in [-0.4, -0.2) is 16.9 Å². The van der Waals surface area contributed by atoms with E-state index in [9.17, 15) is 5.11 Å². The molecule has 18 heavy (non-hydrogen) atoms. The van der Waals surface area contributed by atoms with Crippen LogP contribution >= 0.6 is 0 Å². The number of nitrogens with zero attached hydrogens (tertiary/aromatic N) is 1. The van der Waals surface area contributed by atoms with E-state index in [1.807, 2.05) is 0 Å². The molecule has 1 aliphatic heterocycles. The number of aliphatic imine (C=N–C) groups is 1. The lowest BCUT2D eigenvalue weighted by atomic mass is 9.79. The van der Waals surface area contributed by atoms with Gasteiger partial charge >= 0.3 is 0 Å². The van der Waals surface area contributed by atoms with Gasteiger partial charge in [-0.1, -0.05) is 42.5 Å². The van der Waals surface area contributed by atoms with Crippen molar-refractivity contribution in [2.45, 2.75) is 30.9 Å². The van der Waals surface area contributed by atoms with Crippen molar-refractivity contribution in [3.05, 3.63) is 48.0 Å². The average molecular weight is 237 g/mol. The first kappa shape index (κ1) is 10.3. The van der Waals surface area contributed by atoms with Crippen LogP contribution in [0, 0.1) is 0 Å². The SMILES string of the molecule is OC1CCCC2(c3cccc4ccccc34)N=C12. The van der Waals surface area contributed by atoms with Gasteiger partial charge in [-0.2, -0.15) is 0 Å². The Morgan fingerprint density at radius 3 is 2.89 bits per heavy atom. The molecule has 0 amide bonds. The molecule has 2 heteroatoms. The summed E-state index contributed by atoms with van der Waals surface area (Å²) in [6, 6.07) is 14.8. The van der Waals surface area contributed by atoms with Gasteiger partial charge in [0.2, 0.25) is 0 Å². The van der Waals surface area contributed by atoms with Crippen molar-refractivity contribution in [3.8, 4) is 0 Å². The summed E-state index contributed by atoms with van der Waals surface area (Å²) in [6.45, 7) is 0. The highest BCUT2D eigenvalue weighted by Crippen LogP contribution is 2.50. The van der Waals surface area contributed by atoms with Gasteiger partial charge < -0.3 is 5.11 Å². The smallest absolute Gasteiger partial charge is 0.127 e. The fourth-order valence-electron chi connectivity index (χ4n) is 3.32. The van der Waals surface area contributed by atoms with Gasteiger partial charge in [0, 0.05) is 0 Å². The molecule has 2 atom stereocenters. The normalized spacial score (nSPS) is 29.8. The van der Waals surface area contributed by atoms with Gasteiger partial charge in [-0.05, 0) is 35.6 Å². The Balaban J connectivity index is 1.89. The lowest BCUT2D eigenvalue weighted by Gasteiger charge is -2.24. The Hall–Kier alpha value is -1.67. The first-order valence-corrected chi connectivity index (χ1v) is 6.58. The van der Waals surface area contributed by atoms with Crippen LogP contribution in [-0.2, 0) is 5.54 Å². The summed E-state index contributed by atoms with van der Waals surface area (Å²) in [6.07, 6.45) is 2.65. The Labute approximate surface area is 106 Å². The molecule has 2 unspecified atom stereocenters. The Morgan fingerprint density at radius 2 is 1.94 bits per heavy atom. The van der Waals surface area contributed by atoms with Crippen LogP contribution in [0.1, 0.15) is 24.8 Å². The molecule has 0 saturated heterocycles. The van der Waals surface area contributed by atoms with Gasteiger partial charge in [0.1, 0.15) is 5.54 Å². The molecular weight excluding hydrogens is 222 g/mol. The number of aliphatic hydroxyl groups is 1. The van der Waals surface area contributed by atoms with E-state index < -0.39 is 0 Å². The summed E-state index contributed by atoms with van der Waals surface area (Å²) < 4.78 is 0. The van der Waals surface area contributed by atoms with Crippen LogP contribution in [0.15, 0.2) is 47.5 Å². The predicted molar refractivity (Wildman–Crippen MR) is 72.9 cm³/mol. The number of benzene rings is 2. The maximum absolute atomic E-state index is 9.99. The van der Waals surface area contributed by atoms with Gasteiger partial charge in [-0.15, -0.1) is 0 Å². The van der Waals surface area contributed by atoms with Gasteiger partial charge in [0.05, 0.1) is 11.8 Å². The van der Waals surface area contributed by atoms with E-state index in [1.54, 1.807) is 0 Å². The maximum Gasteiger partial charge on any atom is 0.127 e. The number of rotatable bonds is 1. The topological polar surface area (TPSA) is 32.6 Å². The van der Waals surface area contributed by atoms with Gasteiger partial charge in [0.15, 0.2) is 0 Å². The van der Waals surface area contributed by atoms with E-state index in [1.165, 1.54) is 16.3 Å². The third-order valence-electron chi connectivity index (χ3n) is 4.25. The summed E-state index contributed by atoms with van der Waals surface area (Å²) in [5, 5.41) is 12.5. The van der Waals surface area contributed by atoms with Crippen molar-refractivity contribution in [1.29, 1.82) is 0 Å². The van der Waals surface area contributed by atoms with Crippen LogP contribution in [0.5, 0.6) is 0 Å². The second-order valence-corrected chi connectivity index (χ2v) is 5.29. The molecule has 0 spiro atoms. The summed E-state index contributed by atoms with van der Waals surface area (Å²) in [5.41, 5.74) is 2.11. The number of hydrogen-bond donors (Lipinski definition) is 1. The van der Waals surface area contributed by atoms with Crippen LogP contribution in [0.2, 0.25) is 0 Å². The number of fused-ring (bicyclic) bond motifs is 2. The van der Waals surface area contributed by atoms with E-state index in [-0.39, 0.29) is 11.6 Å². The largest absolute Gasteiger partial charge is 0.387 e. The molecule has 1 saturated carbocycles. The Morgan fingerprint density at radius 1 is 1.11 bits per heavy atom.